The molecule has 0 fully saturated rings. The summed E-state index contributed by atoms with van der Waals surface area (Å²) in [5, 5.41) is 14.8. The summed E-state index contributed by atoms with van der Waals surface area (Å²) in [7, 11) is 3.85. The van der Waals surface area contributed by atoms with Crippen molar-refractivity contribution in [3.63, 3.8) is 0 Å². The molecule has 1 unspecified atom stereocenters. The molecule has 0 aliphatic carbocycles. The van der Waals surface area contributed by atoms with E-state index < -0.39 is 0 Å². The quantitative estimate of drug-likeness (QED) is 0.712. The first kappa shape index (κ1) is 17.2. The zero-order valence-electron chi connectivity index (χ0n) is 13.3. The summed E-state index contributed by atoms with van der Waals surface area (Å²) in [5.41, 5.74) is 0.607. The van der Waals surface area contributed by atoms with Gasteiger partial charge in [-0.2, -0.15) is 0 Å². The van der Waals surface area contributed by atoms with Crippen LogP contribution in [0.25, 0.3) is 0 Å². The summed E-state index contributed by atoms with van der Waals surface area (Å²) in [4.78, 5) is 18.1. The van der Waals surface area contributed by atoms with Gasteiger partial charge in [0.15, 0.2) is 0 Å². The van der Waals surface area contributed by atoms with Gasteiger partial charge in [0.25, 0.3) is 0 Å². The van der Waals surface area contributed by atoms with Gasteiger partial charge < -0.3 is 20.6 Å². The molecule has 21 heavy (non-hydrogen) atoms. The topological polar surface area (TPSA) is 77.5 Å². The fourth-order valence-electron chi connectivity index (χ4n) is 1.89. The average Bonchev–Trinajstić information content (AvgIpc) is 2.45. The van der Waals surface area contributed by atoms with Crippen molar-refractivity contribution in [1.82, 2.24) is 15.6 Å². The van der Waals surface area contributed by atoms with E-state index >= 15 is 0 Å². The third kappa shape index (κ3) is 5.59. The zero-order valence-corrected chi connectivity index (χ0v) is 13.3. The number of hydrogen-bond acceptors (Lipinski definition) is 4. The second-order valence-corrected chi connectivity index (χ2v) is 5.61. The standard InChI is InChI=1S/C15H26N4O2/c1-5-15(2,7-9-20)18-14(21)17-11-12-6-8-16-13(10-12)19(3)4/h6,8,10,20H,5,7,9,11H2,1-4H3,(H2,17,18,21). The van der Waals surface area contributed by atoms with Crippen LogP contribution in [0.3, 0.4) is 0 Å². The number of aliphatic hydroxyl groups excluding tert-OH is 1. The van der Waals surface area contributed by atoms with E-state index in [2.05, 4.69) is 15.6 Å². The SMILES string of the molecule is CCC(C)(CCO)NC(=O)NCc1ccnc(N(C)C)c1. The molecule has 2 amide bonds. The molecule has 0 aliphatic heterocycles. The van der Waals surface area contributed by atoms with E-state index in [4.69, 9.17) is 5.11 Å². The molecule has 6 heteroatoms. The largest absolute Gasteiger partial charge is 0.396 e. The molecule has 0 saturated carbocycles. The van der Waals surface area contributed by atoms with E-state index in [1.807, 2.05) is 45.0 Å². The van der Waals surface area contributed by atoms with Crippen LogP contribution in [0.1, 0.15) is 32.3 Å². The number of anilines is 1. The number of carbonyl (C=O) groups is 1. The van der Waals surface area contributed by atoms with Crippen LogP contribution < -0.4 is 15.5 Å². The van der Waals surface area contributed by atoms with Crippen molar-refractivity contribution in [3.05, 3.63) is 23.9 Å². The Morgan fingerprint density at radius 1 is 1.48 bits per heavy atom. The lowest BCUT2D eigenvalue weighted by Crippen LogP contribution is -2.50. The van der Waals surface area contributed by atoms with Crippen molar-refractivity contribution in [1.29, 1.82) is 0 Å². The number of hydrogen-bond donors (Lipinski definition) is 3. The van der Waals surface area contributed by atoms with Gasteiger partial charge >= 0.3 is 6.03 Å². The second kappa shape index (κ2) is 7.83. The van der Waals surface area contributed by atoms with E-state index in [1.54, 1.807) is 6.20 Å². The van der Waals surface area contributed by atoms with Gasteiger partial charge in [-0.25, -0.2) is 9.78 Å². The van der Waals surface area contributed by atoms with E-state index in [9.17, 15) is 4.79 Å². The number of amides is 2. The molecule has 0 spiro atoms. The molecule has 0 saturated heterocycles. The van der Waals surface area contributed by atoms with Crippen LogP contribution >= 0.6 is 0 Å². The maximum Gasteiger partial charge on any atom is 0.315 e. The van der Waals surface area contributed by atoms with Crippen LogP contribution in [0, 0.1) is 0 Å². The van der Waals surface area contributed by atoms with E-state index in [1.165, 1.54) is 0 Å². The molecular weight excluding hydrogens is 268 g/mol. The molecule has 118 valence electrons. The highest BCUT2D eigenvalue weighted by Crippen LogP contribution is 2.13. The molecule has 3 N–H and O–H groups in total. The van der Waals surface area contributed by atoms with Gasteiger partial charge in [-0.15, -0.1) is 0 Å². The van der Waals surface area contributed by atoms with E-state index in [0.717, 1.165) is 17.8 Å². The minimum Gasteiger partial charge on any atom is -0.396 e. The van der Waals surface area contributed by atoms with E-state index in [0.29, 0.717) is 13.0 Å². The van der Waals surface area contributed by atoms with Gasteiger partial charge in [-0.3, -0.25) is 0 Å². The maximum absolute atomic E-state index is 12.0. The number of rotatable bonds is 7. The molecule has 0 bridgehead atoms. The second-order valence-electron chi connectivity index (χ2n) is 5.61. The Morgan fingerprint density at radius 2 is 2.19 bits per heavy atom. The molecule has 1 rings (SSSR count). The third-order valence-corrected chi connectivity index (χ3v) is 3.58. The van der Waals surface area contributed by atoms with Crippen molar-refractivity contribution in [2.75, 3.05) is 25.6 Å². The third-order valence-electron chi connectivity index (χ3n) is 3.58. The molecule has 1 heterocycles. The highest BCUT2D eigenvalue weighted by atomic mass is 16.3. The molecule has 0 radical (unpaired) electrons. The van der Waals surface area contributed by atoms with Crippen molar-refractivity contribution < 1.29 is 9.90 Å². The fraction of sp³-hybridized carbons (Fsp3) is 0.600. The van der Waals surface area contributed by atoms with Gasteiger partial charge in [0, 0.05) is 39.0 Å². The summed E-state index contributed by atoms with van der Waals surface area (Å²) in [6, 6.07) is 3.59. The van der Waals surface area contributed by atoms with Gasteiger partial charge in [0.2, 0.25) is 0 Å². The monoisotopic (exact) mass is 294 g/mol. The highest BCUT2D eigenvalue weighted by molar-refractivity contribution is 5.74. The minimum atomic E-state index is -0.383. The summed E-state index contributed by atoms with van der Waals surface area (Å²) in [5.74, 6) is 0.855. The Balaban J connectivity index is 2.55. The number of pyridine rings is 1. The molecule has 1 atom stereocenters. The Hall–Kier alpha value is -1.82. The first-order valence-corrected chi connectivity index (χ1v) is 7.19. The number of urea groups is 1. The van der Waals surface area contributed by atoms with Gasteiger partial charge in [0.1, 0.15) is 5.82 Å². The van der Waals surface area contributed by atoms with Crippen LogP contribution in [0.15, 0.2) is 18.3 Å². The fourth-order valence-corrected chi connectivity index (χ4v) is 1.89. The van der Waals surface area contributed by atoms with Crippen LogP contribution in [0.2, 0.25) is 0 Å². The molecule has 0 aromatic carbocycles. The number of carbonyl (C=O) groups excluding carboxylic acids is 1. The Labute approximate surface area is 126 Å². The van der Waals surface area contributed by atoms with Gasteiger partial charge in [0.05, 0.1) is 0 Å². The van der Waals surface area contributed by atoms with Crippen molar-refractivity contribution in [3.8, 4) is 0 Å². The Kier molecular flexibility index (Phi) is 6.42. The molecular formula is C15H26N4O2. The highest BCUT2D eigenvalue weighted by Gasteiger charge is 2.23. The first-order valence-electron chi connectivity index (χ1n) is 7.19. The maximum atomic E-state index is 12.0. The van der Waals surface area contributed by atoms with Gasteiger partial charge in [-0.1, -0.05) is 6.92 Å². The molecule has 1 aromatic rings. The predicted molar refractivity (Wildman–Crippen MR) is 84.3 cm³/mol. The number of nitrogens with zero attached hydrogens (tertiary/aromatic N) is 2. The van der Waals surface area contributed by atoms with Crippen molar-refractivity contribution >= 4 is 11.8 Å². The average molecular weight is 294 g/mol. The lowest BCUT2D eigenvalue weighted by atomic mass is 9.95. The number of aliphatic hydroxyl groups is 1. The molecule has 1 aromatic heterocycles. The van der Waals surface area contributed by atoms with E-state index in [-0.39, 0.29) is 18.2 Å². The molecule has 6 nitrogen and oxygen atoms in total. The lowest BCUT2D eigenvalue weighted by molar-refractivity contribution is 0.200. The van der Waals surface area contributed by atoms with Crippen LogP contribution in [-0.4, -0.2) is 42.4 Å². The predicted octanol–water partition coefficient (Wildman–Crippen LogP) is 1.50. The zero-order chi connectivity index (χ0) is 15.9. The van der Waals surface area contributed by atoms with Crippen molar-refractivity contribution in [2.45, 2.75) is 38.8 Å². The lowest BCUT2D eigenvalue weighted by Gasteiger charge is -2.29. The first-order chi connectivity index (χ1) is 9.90. The summed E-state index contributed by atoms with van der Waals surface area (Å²) >= 11 is 0. The number of nitrogens with one attached hydrogen (secondary N) is 2. The van der Waals surface area contributed by atoms with Crippen LogP contribution in [0.4, 0.5) is 10.6 Å². The van der Waals surface area contributed by atoms with Gasteiger partial charge in [-0.05, 0) is 37.5 Å². The Bertz CT molecular complexity index is 465. The Morgan fingerprint density at radius 3 is 2.76 bits per heavy atom. The summed E-state index contributed by atoms with van der Waals surface area (Å²) in [6.07, 6.45) is 3.03. The summed E-state index contributed by atoms with van der Waals surface area (Å²) < 4.78 is 0. The number of aromatic nitrogens is 1. The smallest absolute Gasteiger partial charge is 0.315 e. The normalized spacial score (nSPS) is 13.4. The van der Waals surface area contributed by atoms with Crippen molar-refractivity contribution in [2.24, 2.45) is 0 Å². The minimum absolute atomic E-state index is 0.0567. The van der Waals surface area contributed by atoms with Crippen LogP contribution in [-0.2, 0) is 6.54 Å². The summed E-state index contributed by atoms with van der Waals surface area (Å²) in [6.45, 7) is 4.41. The molecule has 0 aliphatic rings. The van der Waals surface area contributed by atoms with Crippen LogP contribution in [0.5, 0.6) is 0 Å².